The van der Waals surface area contributed by atoms with E-state index >= 15 is 0 Å². The summed E-state index contributed by atoms with van der Waals surface area (Å²) < 4.78 is 11.0. The van der Waals surface area contributed by atoms with Gasteiger partial charge in [-0.05, 0) is 36.6 Å². The van der Waals surface area contributed by atoms with Crippen LogP contribution in [0.15, 0.2) is 53.9 Å². The Bertz CT molecular complexity index is 854. The number of hydrogen-bond donors (Lipinski definition) is 2. The molecule has 27 heavy (non-hydrogen) atoms. The molecule has 2 heterocycles. The molecule has 8 heteroatoms. The quantitative estimate of drug-likeness (QED) is 0.577. The molecule has 2 N–H and O–H groups in total. The Morgan fingerprint density at radius 3 is 2.70 bits per heavy atom. The normalized spacial score (nSPS) is 10.3. The summed E-state index contributed by atoms with van der Waals surface area (Å²) in [5, 5.41) is 15.7. The summed E-state index contributed by atoms with van der Waals surface area (Å²) in [5.74, 6) is 1.05. The van der Waals surface area contributed by atoms with Crippen LogP contribution in [0.5, 0.6) is 11.6 Å². The molecule has 0 atom stereocenters. The van der Waals surface area contributed by atoms with E-state index < -0.39 is 0 Å². The van der Waals surface area contributed by atoms with Gasteiger partial charge in [-0.3, -0.25) is 0 Å². The van der Waals surface area contributed by atoms with E-state index in [0.717, 1.165) is 10.6 Å². The molecule has 0 saturated carbocycles. The first kappa shape index (κ1) is 18.7. The van der Waals surface area contributed by atoms with Gasteiger partial charge in [0.05, 0.1) is 23.7 Å². The maximum absolute atomic E-state index is 12.0. The molecule has 0 radical (unpaired) electrons. The van der Waals surface area contributed by atoms with Crippen LogP contribution in [0.1, 0.15) is 6.92 Å². The largest absolute Gasteiger partial charge is 0.492 e. The van der Waals surface area contributed by atoms with Crippen LogP contribution in [0.25, 0.3) is 10.6 Å². The highest BCUT2D eigenvalue weighted by molar-refractivity contribution is 7.13. The van der Waals surface area contributed by atoms with Gasteiger partial charge in [0.1, 0.15) is 18.1 Å². The van der Waals surface area contributed by atoms with Crippen molar-refractivity contribution in [3.8, 4) is 22.2 Å². The lowest BCUT2D eigenvalue weighted by atomic mass is 10.3. The topological polar surface area (TPSA) is 85.4 Å². The van der Waals surface area contributed by atoms with E-state index in [9.17, 15) is 4.79 Å². The summed E-state index contributed by atoms with van der Waals surface area (Å²) in [5.41, 5.74) is 1.43. The Kier molecular flexibility index (Phi) is 6.59. The lowest BCUT2D eigenvalue weighted by Crippen LogP contribution is -2.32. The fourth-order valence-corrected chi connectivity index (χ4v) is 2.98. The Balaban J connectivity index is 1.42. The van der Waals surface area contributed by atoms with Gasteiger partial charge in [0.2, 0.25) is 5.88 Å². The second-order valence-corrected chi connectivity index (χ2v) is 6.34. The third kappa shape index (κ3) is 5.42. The van der Waals surface area contributed by atoms with Crippen LogP contribution in [-0.4, -0.2) is 36.0 Å². The molecule has 0 spiro atoms. The minimum absolute atomic E-state index is 0.285. The van der Waals surface area contributed by atoms with Gasteiger partial charge in [-0.25, -0.2) is 4.79 Å². The monoisotopic (exact) mass is 384 g/mol. The highest BCUT2D eigenvalue weighted by Crippen LogP contribution is 2.24. The number of hydrogen-bond acceptors (Lipinski definition) is 6. The van der Waals surface area contributed by atoms with Crippen molar-refractivity contribution in [2.45, 2.75) is 6.92 Å². The minimum atomic E-state index is -0.329. The number of urea groups is 1. The predicted molar refractivity (Wildman–Crippen MR) is 105 cm³/mol. The van der Waals surface area contributed by atoms with E-state index in [2.05, 4.69) is 20.8 Å². The highest BCUT2D eigenvalue weighted by atomic mass is 32.1. The number of ether oxygens (including phenoxy) is 2. The van der Waals surface area contributed by atoms with Crippen molar-refractivity contribution in [2.75, 3.05) is 25.1 Å². The summed E-state index contributed by atoms with van der Waals surface area (Å²) >= 11 is 1.60. The molecule has 140 valence electrons. The van der Waals surface area contributed by atoms with Crippen molar-refractivity contribution in [3.05, 3.63) is 53.9 Å². The average Bonchev–Trinajstić information content (AvgIpc) is 3.22. The number of thiophene rings is 1. The Hall–Kier alpha value is -3.13. The summed E-state index contributed by atoms with van der Waals surface area (Å²) in [7, 11) is 0. The van der Waals surface area contributed by atoms with Crippen molar-refractivity contribution in [3.63, 3.8) is 0 Å². The molecule has 0 saturated heterocycles. The molecule has 2 aromatic heterocycles. The van der Waals surface area contributed by atoms with Crippen molar-refractivity contribution < 1.29 is 14.3 Å². The number of carbonyl (C=O) groups excluding carboxylic acids is 1. The molecule has 7 nitrogen and oxygen atoms in total. The average molecular weight is 384 g/mol. The molecular weight excluding hydrogens is 364 g/mol. The predicted octanol–water partition coefficient (Wildman–Crippen LogP) is 3.80. The van der Waals surface area contributed by atoms with Gasteiger partial charge < -0.3 is 20.1 Å². The number of carbonyl (C=O) groups is 1. The zero-order valence-electron chi connectivity index (χ0n) is 14.8. The van der Waals surface area contributed by atoms with Crippen LogP contribution >= 0.6 is 11.3 Å². The molecule has 0 aliphatic carbocycles. The maximum Gasteiger partial charge on any atom is 0.319 e. The SMILES string of the molecule is CCOc1ccccc1NC(=O)NCCOc1ccc(-c2cccs2)nn1. The standard InChI is InChI=1S/C19H20N4O3S/c1-2-25-16-7-4-3-6-14(16)21-19(24)20-11-12-26-18-10-9-15(22-23-18)17-8-5-13-27-17/h3-10,13H,2,11-12H2,1H3,(H2,20,21,24). The number of aromatic nitrogens is 2. The van der Waals surface area contributed by atoms with Crippen LogP contribution in [0.3, 0.4) is 0 Å². The van der Waals surface area contributed by atoms with Crippen LogP contribution in [0, 0.1) is 0 Å². The summed E-state index contributed by atoms with van der Waals surface area (Å²) in [6, 6.07) is 14.5. The first-order chi connectivity index (χ1) is 13.3. The second kappa shape index (κ2) is 9.54. The number of nitrogens with one attached hydrogen (secondary N) is 2. The molecule has 0 aliphatic heterocycles. The van der Waals surface area contributed by atoms with Crippen LogP contribution in [-0.2, 0) is 0 Å². The number of rotatable bonds is 8. The van der Waals surface area contributed by atoms with Crippen molar-refractivity contribution in [1.82, 2.24) is 15.5 Å². The summed E-state index contributed by atoms with van der Waals surface area (Å²) in [6.45, 7) is 3.04. The highest BCUT2D eigenvalue weighted by Gasteiger charge is 2.07. The van der Waals surface area contributed by atoms with Crippen LogP contribution < -0.4 is 20.1 Å². The van der Waals surface area contributed by atoms with E-state index in [0.29, 0.717) is 30.5 Å². The second-order valence-electron chi connectivity index (χ2n) is 5.39. The fraction of sp³-hybridized carbons (Fsp3) is 0.211. The minimum Gasteiger partial charge on any atom is -0.492 e. The number of nitrogens with zero attached hydrogens (tertiary/aromatic N) is 2. The van der Waals surface area contributed by atoms with Crippen molar-refractivity contribution in [1.29, 1.82) is 0 Å². The molecule has 3 rings (SSSR count). The van der Waals surface area contributed by atoms with Gasteiger partial charge in [-0.15, -0.1) is 21.5 Å². The van der Waals surface area contributed by atoms with E-state index in [1.807, 2.05) is 42.6 Å². The van der Waals surface area contributed by atoms with Crippen molar-refractivity contribution >= 4 is 23.1 Å². The fourth-order valence-electron chi connectivity index (χ4n) is 2.29. The molecule has 0 aliphatic rings. The Morgan fingerprint density at radius 1 is 1.07 bits per heavy atom. The third-order valence-corrected chi connectivity index (χ3v) is 4.38. The van der Waals surface area contributed by atoms with E-state index in [1.54, 1.807) is 29.5 Å². The summed E-state index contributed by atoms with van der Waals surface area (Å²) in [4.78, 5) is 13.1. The number of benzene rings is 1. The smallest absolute Gasteiger partial charge is 0.319 e. The maximum atomic E-state index is 12.0. The Labute approximate surface area is 161 Å². The molecule has 3 aromatic rings. The molecule has 1 aromatic carbocycles. The third-order valence-electron chi connectivity index (χ3n) is 3.49. The van der Waals surface area contributed by atoms with Gasteiger partial charge in [-0.2, -0.15) is 0 Å². The van der Waals surface area contributed by atoms with E-state index in [4.69, 9.17) is 9.47 Å². The van der Waals surface area contributed by atoms with E-state index in [1.165, 1.54) is 0 Å². The first-order valence-corrected chi connectivity index (χ1v) is 9.41. The zero-order chi connectivity index (χ0) is 18.9. The molecule has 0 fully saturated rings. The Morgan fingerprint density at radius 2 is 1.96 bits per heavy atom. The zero-order valence-corrected chi connectivity index (χ0v) is 15.7. The van der Waals surface area contributed by atoms with Gasteiger partial charge in [0, 0.05) is 6.07 Å². The van der Waals surface area contributed by atoms with E-state index in [-0.39, 0.29) is 12.6 Å². The van der Waals surface area contributed by atoms with Crippen LogP contribution in [0.4, 0.5) is 10.5 Å². The number of para-hydroxylation sites is 2. The van der Waals surface area contributed by atoms with Gasteiger partial charge >= 0.3 is 6.03 Å². The molecule has 2 amide bonds. The molecule has 0 unspecified atom stereocenters. The lowest BCUT2D eigenvalue weighted by molar-refractivity contribution is 0.246. The molecular formula is C19H20N4O3S. The van der Waals surface area contributed by atoms with Gasteiger partial charge in [0.15, 0.2) is 0 Å². The number of amides is 2. The number of anilines is 1. The van der Waals surface area contributed by atoms with Gasteiger partial charge in [0.25, 0.3) is 0 Å². The van der Waals surface area contributed by atoms with Gasteiger partial charge in [-0.1, -0.05) is 18.2 Å². The first-order valence-electron chi connectivity index (χ1n) is 8.53. The molecule has 0 bridgehead atoms. The lowest BCUT2D eigenvalue weighted by Gasteiger charge is -2.12. The van der Waals surface area contributed by atoms with Crippen LogP contribution in [0.2, 0.25) is 0 Å². The van der Waals surface area contributed by atoms with Crippen molar-refractivity contribution in [2.24, 2.45) is 0 Å². The summed E-state index contributed by atoms with van der Waals surface area (Å²) in [6.07, 6.45) is 0.